The second-order valence-corrected chi connectivity index (χ2v) is 5.08. The Morgan fingerprint density at radius 2 is 2.22 bits per heavy atom. The lowest BCUT2D eigenvalue weighted by atomic mass is 10.1. The zero-order valence-corrected chi connectivity index (χ0v) is 11.6. The van der Waals surface area contributed by atoms with E-state index in [-0.39, 0.29) is 0 Å². The van der Waals surface area contributed by atoms with Crippen molar-refractivity contribution >= 4 is 11.3 Å². The quantitative estimate of drug-likeness (QED) is 0.901. The van der Waals surface area contributed by atoms with Crippen LogP contribution in [0.4, 0.5) is 0 Å². The average Bonchev–Trinajstić information content (AvgIpc) is 2.85. The fraction of sp³-hybridized carbons (Fsp3) is 0.357. The van der Waals surface area contributed by atoms with Gasteiger partial charge in [0.25, 0.3) is 0 Å². The summed E-state index contributed by atoms with van der Waals surface area (Å²) in [5.41, 5.74) is 8.92. The van der Waals surface area contributed by atoms with Gasteiger partial charge in [0.05, 0.1) is 12.8 Å². The number of rotatable bonds is 5. The Morgan fingerprint density at radius 1 is 1.39 bits per heavy atom. The summed E-state index contributed by atoms with van der Waals surface area (Å²) in [7, 11) is 1.69. The average molecular weight is 262 g/mol. The van der Waals surface area contributed by atoms with Gasteiger partial charge in [0, 0.05) is 10.9 Å². The molecular formula is C14H18N2OS. The molecule has 96 valence electrons. The van der Waals surface area contributed by atoms with Gasteiger partial charge in [-0.05, 0) is 50.1 Å². The van der Waals surface area contributed by atoms with Crippen molar-refractivity contribution in [3.05, 3.63) is 34.8 Å². The highest BCUT2D eigenvalue weighted by Crippen LogP contribution is 2.28. The number of thiazole rings is 1. The first-order chi connectivity index (χ1) is 8.74. The maximum absolute atomic E-state index is 5.51. The lowest BCUT2D eigenvalue weighted by Crippen LogP contribution is -2.00. The molecule has 4 heteroatoms. The zero-order valence-electron chi connectivity index (χ0n) is 10.8. The summed E-state index contributed by atoms with van der Waals surface area (Å²) in [5, 5.41) is 3.18. The van der Waals surface area contributed by atoms with Gasteiger partial charge in [0.1, 0.15) is 10.8 Å². The Bertz CT molecular complexity index is 522. The zero-order chi connectivity index (χ0) is 13.0. The Hall–Kier alpha value is -1.39. The molecule has 0 spiro atoms. The molecule has 0 saturated heterocycles. The van der Waals surface area contributed by atoms with E-state index in [1.807, 2.05) is 13.0 Å². The van der Waals surface area contributed by atoms with E-state index in [1.54, 1.807) is 18.4 Å². The second kappa shape index (κ2) is 5.98. The lowest BCUT2D eigenvalue weighted by molar-refractivity contribution is 0.412. The Balaban J connectivity index is 2.20. The van der Waals surface area contributed by atoms with Crippen molar-refractivity contribution in [2.24, 2.45) is 5.73 Å². The minimum Gasteiger partial charge on any atom is -0.496 e. The van der Waals surface area contributed by atoms with Crippen LogP contribution in [0.5, 0.6) is 5.75 Å². The van der Waals surface area contributed by atoms with Gasteiger partial charge < -0.3 is 10.5 Å². The molecule has 0 amide bonds. The fourth-order valence-electron chi connectivity index (χ4n) is 1.85. The number of ether oxygens (including phenoxy) is 1. The highest BCUT2D eigenvalue weighted by Gasteiger charge is 2.06. The molecule has 0 aliphatic rings. The molecule has 1 heterocycles. The molecule has 0 atom stereocenters. The van der Waals surface area contributed by atoms with Gasteiger partial charge in [-0.1, -0.05) is 0 Å². The van der Waals surface area contributed by atoms with Crippen molar-refractivity contribution < 1.29 is 4.74 Å². The van der Waals surface area contributed by atoms with Gasteiger partial charge in [-0.2, -0.15) is 0 Å². The third-order valence-electron chi connectivity index (χ3n) is 2.83. The van der Waals surface area contributed by atoms with E-state index in [0.717, 1.165) is 40.4 Å². The van der Waals surface area contributed by atoms with E-state index in [0.29, 0.717) is 6.54 Å². The highest BCUT2D eigenvalue weighted by molar-refractivity contribution is 7.13. The second-order valence-electron chi connectivity index (χ2n) is 4.22. The number of aryl methyl sites for hydroxylation is 2. The van der Waals surface area contributed by atoms with Gasteiger partial charge in [-0.25, -0.2) is 4.98 Å². The van der Waals surface area contributed by atoms with Crippen LogP contribution in [0, 0.1) is 6.92 Å². The minimum atomic E-state index is 0.717. The van der Waals surface area contributed by atoms with E-state index in [9.17, 15) is 0 Å². The van der Waals surface area contributed by atoms with Gasteiger partial charge in [0.2, 0.25) is 0 Å². The summed E-state index contributed by atoms with van der Waals surface area (Å²) < 4.78 is 5.26. The molecule has 0 aliphatic heterocycles. The molecule has 0 bridgehead atoms. The fourth-order valence-corrected chi connectivity index (χ4v) is 2.70. The van der Waals surface area contributed by atoms with Crippen LogP contribution in [0.2, 0.25) is 0 Å². The van der Waals surface area contributed by atoms with Gasteiger partial charge >= 0.3 is 0 Å². The highest BCUT2D eigenvalue weighted by atomic mass is 32.1. The predicted molar refractivity (Wildman–Crippen MR) is 76.2 cm³/mol. The van der Waals surface area contributed by atoms with Crippen LogP contribution in [0.25, 0.3) is 10.6 Å². The SMILES string of the molecule is COc1ccc(-c2nc(CCCN)cs2)cc1C. The van der Waals surface area contributed by atoms with Crippen molar-refractivity contribution in [3.8, 4) is 16.3 Å². The standard InChI is InChI=1S/C14H18N2OS/c1-10-8-11(5-6-13(10)17-2)14-16-12(9-18-14)4-3-7-15/h5-6,8-9H,3-4,7,15H2,1-2H3. The van der Waals surface area contributed by atoms with E-state index < -0.39 is 0 Å². The summed E-state index contributed by atoms with van der Waals surface area (Å²) >= 11 is 1.68. The number of benzene rings is 1. The van der Waals surface area contributed by atoms with E-state index in [1.165, 1.54) is 0 Å². The van der Waals surface area contributed by atoms with Crippen LogP contribution < -0.4 is 10.5 Å². The smallest absolute Gasteiger partial charge is 0.123 e. The van der Waals surface area contributed by atoms with Crippen LogP contribution in [0.15, 0.2) is 23.6 Å². The largest absolute Gasteiger partial charge is 0.496 e. The van der Waals surface area contributed by atoms with Gasteiger partial charge in [0.15, 0.2) is 0 Å². The summed E-state index contributed by atoms with van der Waals surface area (Å²) in [5.74, 6) is 0.915. The van der Waals surface area contributed by atoms with Crippen molar-refractivity contribution in [3.63, 3.8) is 0 Å². The molecule has 1 aromatic carbocycles. The lowest BCUT2D eigenvalue weighted by Gasteiger charge is -2.05. The molecule has 0 aliphatic carbocycles. The molecule has 2 N–H and O–H groups in total. The monoisotopic (exact) mass is 262 g/mol. The Morgan fingerprint density at radius 3 is 2.89 bits per heavy atom. The van der Waals surface area contributed by atoms with Crippen LogP contribution >= 0.6 is 11.3 Å². The van der Waals surface area contributed by atoms with Crippen LogP contribution in [-0.4, -0.2) is 18.6 Å². The Labute approximate surface area is 112 Å². The number of hydrogen-bond donors (Lipinski definition) is 1. The normalized spacial score (nSPS) is 10.6. The van der Waals surface area contributed by atoms with Crippen LogP contribution in [0.1, 0.15) is 17.7 Å². The van der Waals surface area contributed by atoms with Crippen molar-refractivity contribution in [1.82, 2.24) is 4.98 Å². The molecule has 3 nitrogen and oxygen atoms in total. The van der Waals surface area contributed by atoms with Crippen molar-refractivity contribution in [2.75, 3.05) is 13.7 Å². The number of methoxy groups -OCH3 is 1. The molecule has 2 rings (SSSR count). The van der Waals surface area contributed by atoms with Crippen LogP contribution in [0.3, 0.4) is 0 Å². The van der Waals surface area contributed by atoms with Crippen molar-refractivity contribution in [1.29, 1.82) is 0 Å². The number of nitrogens with two attached hydrogens (primary N) is 1. The third-order valence-corrected chi connectivity index (χ3v) is 3.77. The third kappa shape index (κ3) is 2.89. The summed E-state index contributed by atoms with van der Waals surface area (Å²) in [6.45, 7) is 2.76. The molecule has 0 fully saturated rings. The number of aromatic nitrogens is 1. The van der Waals surface area contributed by atoms with Gasteiger partial charge in [-0.15, -0.1) is 11.3 Å². The Kier molecular flexibility index (Phi) is 4.33. The molecular weight excluding hydrogens is 244 g/mol. The molecule has 0 saturated carbocycles. The van der Waals surface area contributed by atoms with E-state index in [2.05, 4.69) is 22.5 Å². The first kappa shape index (κ1) is 13.1. The predicted octanol–water partition coefficient (Wildman–Crippen LogP) is 3.02. The first-order valence-corrected chi connectivity index (χ1v) is 6.92. The summed E-state index contributed by atoms with van der Waals surface area (Å²) in [4.78, 5) is 4.64. The number of nitrogens with zero attached hydrogens (tertiary/aromatic N) is 1. The van der Waals surface area contributed by atoms with E-state index in [4.69, 9.17) is 10.5 Å². The first-order valence-electron chi connectivity index (χ1n) is 6.04. The topological polar surface area (TPSA) is 48.1 Å². The summed E-state index contributed by atoms with van der Waals surface area (Å²) in [6, 6.07) is 6.16. The maximum Gasteiger partial charge on any atom is 0.123 e. The molecule has 2 aromatic rings. The van der Waals surface area contributed by atoms with Gasteiger partial charge in [-0.3, -0.25) is 0 Å². The molecule has 0 unspecified atom stereocenters. The summed E-state index contributed by atoms with van der Waals surface area (Å²) in [6.07, 6.45) is 1.95. The maximum atomic E-state index is 5.51. The number of hydrogen-bond acceptors (Lipinski definition) is 4. The minimum absolute atomic E-state index is 0.717. The molecule has 1 aromatic heterocycles. The molecule has 0 radical (unpaired) electrons. The van der Waals surface area contributed by atoms with Crippen molar-refractivity contribution in [2.45, 2.75) is 19.8 Å². The molecule has 18 heavy (non-hydrogen) atoms. The van der Waals surface area contributed by atoms with E-state index >= 15 is 0 Å². The van der Waals surface area contributed by atoms with Crippen LogP contribution in [-0.2, 0) is 6.42 Å².